The first-order chi connectivity index (χ1) is 12.6. The van der Waals surface area contributed by atoms with E-state index in [4.69, 9.17) is 0 Å². The summed E-state index contributed by atoms with van der Waals surface area (Å²) >= 11 is 0. The predicted octanol–water partition coefficient (Wildman–Crippen LogP) is 0.691. The molecule has 1 saturated heterocycles. The molecule has 1 aromatic heterocycles. The van der Waals surface area contributed by atoms with Crippen molar-refractivity contribution in [2.45, 2.75) is 0 Å². The molecule has 26 heavy (non-hydrogen) atoms. The van der Waals surface area contributed by atoms with Crippen LogP contribution in [0.25, 0.3) is 0 Å². The largest absolute Gasteiger partial charge is 0.369 e. The van der Waals surface area contributed by atoms with Crippen molar-refractivity contribution in [1.82, 2.24) is 15.4 Å². The van der Waals surface area contributed by atoms with E-state index in [-0.39, 0.29) is 11.6 Å². The van der Waals surface area contributed by atoms with Crippen molar-refractivity contribution < 1.29 is 18.5 Å². The maximum absolute atomic E-state index is 13.0. The van der Waals surface area contributed by atoms with Crippen molar-refractivity contribution in [3.8, 4) is 0 Å². The third kappa shape index (κ3) is 4.79. The number of benzene rings is 1. The lowest BCUT2D eigenvalue weighted by Crippen LogP contribution is -2.49. The van der Waals surface area contributed by atoms with Crippen LogP contribution in [0.4, 0.5) is 15.9 Å². The zero-order valence-corrected chi connectivity index (χ0v) is 14.2. The van der Waals surface area contributed by atoms with E-state index in [1.54, 1.807) is 12.1 Å². The van der Waals surface area contributed by atoms with Gasteiger partial charge in [0.25, 0.3) is 0 Å². The van der Waals surface area contributed by atoms with E-state index in [2.05, 4.69) is 30.1 Å². The Balaban J connectivity index is 1.35. The van der Waals surface area contributed by atoms with Crippen LogP contribution in [-0.4, -0.2) is 61.1 Å². The Morgan fingerprint density at radius 2 is 1.81 bits per heavy atom. The third-order valence-electron chi connectivity index (χ3n) is 4.16. The summed E-state index contributed by atoms with van der Waals surface area (Å²) < 4.78 is 17.6. The highest BCUT2D eigenvalue weighted by Crippen LogP contribution is 2.16. The summed E-state index contributed by atoms with van der Waals surface area (Å²) in [5, 5.41) is 8.43. The first-order valence-corrected chi connectivity index (χ1v) is 8.34. The molecule has 1 fully saturated rings. The number of carbonyl (C=O) groups is 2. The van der Waals surface area contributed by atoms with E-state index >= 15 is 0 Å². The van der Waals surface area contributed by atoms with Gasteiger partial charge >= 0.3 is 11.8 Å². The summed E-state index contributed by atoms with van der Waals surface area (Å²) in [6.07, 6.45) is 1.30. The Morgan fingerprint density at radius 1 is 1.08 bits per heavy atom. The minimum Gasteiger partial charge on any atom is -0.369 e. The highest BCUT2D eigenvalue weighted by atomic mass is 19.1. The molecule has 2 aromatic rings. The fraction of sp³-hybridized carbons (Fsp3) is 0.353. The summed E-state index contributed by atoms with van der Waals surface area (Å²) in [5.74, 6) is -1.53. The van der Waals surface area contributed by atoms with Gasteiger partial charge in [-0.3, -0.25) is 19.8 Å². The monoisotopic (exact) mass is 361 g/mol. The third-order valence-corrected chi connectivity index (χ3v) is 4.16. The van der Waals surface area contributed by atoms with Crippen molar-refractivity contribution >= 4 is 23.3 Å². The summed E-state index contributed by atoms with van der Waals surface area (Å²) in [5.41, 5.74) is 1.00. The van der Waals surface area contributed by atoms with Crippen molar-refractivity contribution in [3.05, 3.63) is 42.4 Å². The molecule has 0 atom stereocenters. The van der Waals surface area contributed by atoms with Gasteiger partial charge in [-0.25, -0.2) is 4.39 Å². The minimum absolute atomic E-state index is 0.196. The number of nitrogens with zero attached hydrogens (tertiary/aromatic N) is 3. The topological polar surface area (TPSA) is 90.7 Å². The fourth-order valence-electron chi connectivity index (χ4n) is 2.74. The van der Waals surface area contributed by atoms with Gasteiger partial charge in [-0.2, -0.15) is 0 Å². The van der Waals surface area contributed by atoms with E-state index in [1.165, 1.54) is 24.5 Å². The molecule has 0 saturated carbocycles. The van der Waals surface area contributed by atoms with Gasteiger partial charge in [0.2, 0.25) is 0 Å². The van der Waals surface area contributed by atoms with Crippen LogP contribution in [-0.2, 0) is 9.59 Å². The molecule has 0 aliphatic carbocycles. The van der Waals surface area contributed by atoms with E-state index in [0.29, 0.717) is 13.1 Å². The van der Waals surface area contributed by atoms with E-state index in [0.717, 1.165) is 31.9 Å². The molecule has 0 radical (unpaired) electrons. The van der Waals surface area contributed by atoms with Crippen molar-refractivity contribution in [2.75, 3.05) is 49.5 Å². The Bertz CT molecular complexity index is 727. The zero-order valence-electron chi connectivity index (χ0n) is 14.2. The molecule has 0 unspecified atom stereocenters. The first kappa shape index (κ1) is 17.9. The lowest BCUT2D eigenvalue weighted by Gasteiger charge is -2.36. The second kappa shape index (κ2) is 8.43. The molecule has 2 amide bonds. The van der Waals surface area contributed by atoms with Gasteiger partial charge in [-0.15, -0.1) is 0 Å². The quantitative estimate of drug-likeness (QED) is 0.762. The molecular weight excluding hydrogens is 341 g/mol. The second-order valence-corrected chi connectivity index (χ2v) is 5.90. The average Bonchev–Trinajstić information content (AvgIpc) is 3.16. The van der Waals surface area contributed by atoms with Crippen LogP contribution in [0.5, 0.6) is 0 Å². The molecule has 0 bridgehead atoms. The van der Waals surface area contributed by atoms with Gasteiger partial charge in [-0.1, -0.05) is 5.16 Å². The van der Waals surface area contributed by atoms with Crippen LogP contribution in [0.1, 0.15) is 0 Å². The Morgan fingerprint density at radius 3 is 2.46 bits per heavy atom. The molecule has 3 rings (SSSR count). The average molecular weight is 361 g/mol. The molecule has 2 N–H and O–H groups in total. The van der Waals surface area contributed by atoms with Gasteiger partial charge in [0, 0.05) is 51.0 Å². The van der Waals surface area contributed by atoms with Crippen molar-refractivity contribution in [2.24, 2.45) is 0 Å². The van der Waals surface area contributed by atoms with E-state index < -0.39 is 11.8 Å². The molecular formula is C17H20FN5O3. The molecule has 9 heteroatoms. The normalized spacial score (nSPS) is 14.9. The van der Waals surface area contributed by atoms with Crippen LogP contribution < -0.4 is 15.5 Å². The second-order valence-electron chi connectivity index (χ2n) is 5.90. The van der Waals surface area contributed by atoms with Gasteiger partial charge in [-0.05, 0) is 24.3 Å². The fourth-order valence-corrected chi connectivity index (χ4v) is 2.74. The number of hydrogen-bond donors (Lipinski definition) is 2. The van der Waals surface area contributed by atoms with Crippen LogP contribution in [0, 0.1) is 5.82 Å². The summed E-state index contributed by atoms with van der Waals surface area (Å²) in [7, 11) is 0. The molecule has 1 aliphatic heterocycles. The van der Waals surface area contributed by atoms with Gasteiger partial charge in [0.15, 0.2) is 5.82 Å². The zero-order chi connectivity index (χ0) is 18.4. The highest BCUT2D eigenvalue weighted by Gasteiger charge is 2.18. The van der Waals surface area contributed by atoms with Crippen LogP contribution in [0.3, 0.4) is 0 Å². The summed E-state index contributed by atoms with van der Waals surface area (Å²) in [6.45, 7) is 4.34. The maximum Gasteiger partial charge on any atom is 0.314 e. The smallest absolute Gasteiger partial charge is 0.314 e. The number of piperazine rings is 1. The number of halogens is 1. The van der Waals surface area contributed by atoms with Crippen molar-refractivity contribution in [3.63, 3.8) is 0 Å². The minimum atomic E-state index is -0.778. The molecule has 1 aromatic carbocycles. The molecule has 8 nitrogen and oxygen atoms in total. The maximum atomic E-state index is 13.0. The molecule has 138 valence electrons. The Labute approximate surface area is 149 Å². The standard InChI is InChI=1S/C17H20FN5O3/c18-13-1-3-14(4-2-13)23-10-8-22(9-11-23)7-6-19-16(24)17(25)20-15-5-12-26-21-15/h1-5,12H,6-11H2,(H,19,24)(H,20,21,25). The lowest BCUT2D eigenvalue weighted by molar-refractivity contribution is -0.136. The Kier molecular flexibility index (Phi) is 5.80. The number of rotatable bonds is 5. The van der Waals surface area contributed by atoms with E-state index in [1.807, 2.05) is 0 Å². The van der Waals surface area contributed by atoms with E-state index in [9.17, 15) is 14.0 Å². The number of amides is 2. The highest BCUT2D eigenvalue weighted by molar-refractivity contribution is 6.39. The summed E-state index contributed by atoms with van der Waals surface area (Å²) in [4.78, 5) is 27.8. The van der Waals surface area contributed by atoms with Gasteiger partial charge in [0.1, 0.15) is 12.1 Å². The van der Waals surface area contributed by atoms with Crippen LogP contribution in [0.2, 0.25) is 0 Å². The predicted molar refractivity (Wildman–Crippen MR) is 93.2 cm³/mol. The summed E-state index contributed by atoms with van der Waals surface area (Å²) in [6, 6.07) is 7.92. The lowest BCUT2D eigenvalue weighted by atomic mass is 10.2. The molecule has 0 spiro atoms. The molecule has 1 aliphatic rings. The van der Waals surface area contributed by atoms with Crippen molar-refractivity contribution in [1.29, 1.82) is 0 Å². The van der Waals surface area contributed by atoms with Crippen LogP contribution >= 0.6 is 0 Å². The number of nitrogens with one attached hydrogen (secondary N) is 2. The number of anilines is 2. The number of carbonyl (C=O) groups excluding carboxylic acids is 2. The van der Waals surface area contributed by atoms with Gasteiger partial charge in [0.05, 0.1) is 0 Å². The van der Waals surface area contributed by atoms with Crippen LogP contribution in [0.15, 0.2) is 41.1 Å². The Hall–Kier alpha value is -2.94. The molecule has 2 heterocycles. The van der Waals surface area contributed by atoms with Gasteiger partial charge < -0.3 is 14.7 Å². The number of hydrogen-bond acceptors (Lipinski definition) is 6. The SMILES string of the molecule is O=C(NCCN1CCN(c2ccc(F)cc2)CC1)C(=O)Nc1ccon1. The number of aromatic nitrogens is 1. The first-order valence-electron chi connectivity index (χ1n) is 8.34.